The Labute approximate surface area is 123 Å². The van der Waals surface area contributed by atoms with E-state index in [2.05, 4.69) is 10.4 Å². The predicted molar refractivity (Wildman–Crippen MR) is 79.1 cm³/mol. The summed E-state index contributed by atoms with van der Waals surface area (Å²) in [5.74, 6) is 0.125. The van der Waals surface area contributed by atoms with Gasteiger partial charge >= 0.3 is 0 Å². The monoisotopic (exact) mass is 283 g/mol. The number of benzene rings is 1. The molecule has 0 saturated heterocycles. The number of rotatable bonds is 4. The van der Waals surface area contributed by atoms with Crippen LogP contribution in [0.25, 0.3) is 0 Å². The van der Waals surface area contributed by atoms with Crippen LogP contribution in [0, 0.1) is 5.92 Å². The average Bonchev–Trinajstić information content (AvgIpc) is 3.14. The van der Waals surface area contributed by atoms with Crippen LogP contribution in [-0.4, -0.2) is 21.5 Å². The molecule has 21 heavy (non-hydrogen) atoms. The highest BCUT2D eigenvalue weighted by Gasteiger charge is 2.44. The predicted octanol–water partition coefficient (Wildman–Crippen LogP) is 2.36. The average molecular weight is 283 g/mol. The van der Waals surface area contributed by atoms with Crippen molar-refractivity contribution in [2.75, 3.05) is 5.32 Å². The van der Waals surface area contributed by atoms with Crippen molar-refractivity contribution in [1.29, 1.82) is 0 Å². The molecule has 108 valence electrons. The Morgan fingerprint density at radius 2 is 2.10 bits per heavy atom. The van der Waals surface area contributed by atoms with Crippen molar-refractivity contribution in [3.05, 3.63) is 47.8 Å². The van der Waals surface area contributed by atoms with E-state index in [4.69, 9.17) is 0 Å². The van der Waals surface area contributed by atoms with Crippen LogP contribution >= 0.6 is 0 Å². The first-order valence-electron chi connectivity index (χ1n) is 6.95. The quantitative estimate of drug-likeness (QED) is 0.876. The zero-order valence-electron chi connectivity index (χ0n) is 12.0. The molecule has 3 rings (SSSR count). The van der Waals surface area contributed by atoms with E-state index >= 15 is 0 Å². The maximum atomic E-state index is 12.3. The molecule has 1 aromatic heterocycles. The molecule has 2 aromatic rings. The van der Waals surface area contributed by atoms with E-state index in [1.54, 1.807) is 22.9 Å². The minimum atomic E-state index is -0.0505. The molecule has 1 aliphatic rings. The molecule has 1 heterocycles. The van der Waals surface area contributed by atoms with E-state index < -0.39 is 0 Å². The van der Waals surface area contributed by atoms with Crippen molar-refractivity contribution in [3.63, 3.8) is 0 Å². The first-order chi connectivity index (χ1) is 10.1. The summed E-state index contributed by atoms with van der Waals surface area (Å²) < 4.78 is 1.74. The van der Waals surface area contributed by atoms with Gasteiger partial charge in [0.05, 0.1) is 11.9 Å². The summed E-state index contributed by atoms with van der Waals surface area (Å²) in [4.78, 5) is 23.8. The van der Waals surface area contributed by atoms with E-state index in [-0.39, 0.29) is 23.5 Å². The number of nitrogens with one attached hydrogen (secondary N) is 1. The summed E-state index contributed by atoms with van der Waals surface area (Å²) in [7, 11) is 1.87. The standard InChI is InChI=1S/C16H17N3O2/c1-10(20)12-5-3-4-6-15(12)18-16(21)14-7-13(14)11-8-17-19(2)9-11/h3-6,8-9,13-14H,7H2,1-2H3,(H,18,21). The van der Waals surface area contributed by atoms with Gasteiger partial charge in [0.2, 0.25) is 5.91 Å². The summed E-state index contributed by atoms with van der Waals surface area (Å²) in [6.07, 6.45) is 4.59. The Bertz CT molecular complexity index is 705. The maximum Gasteiger partial charge on any atom is 0.228 e. The van der Waals surface area contributed by atoms with Crippen LogP contribution in [0.15, 0.2) is 36.7 Å². The lowest BCUT2D eigenvalue weighted by atomic mass is 10.1. The Morgan fingerprint density at radius 3 is 2.76 bits per heavy atom. The molecule has 1 aliphatic carbocycles. The summed E-state index contributed by atoms with van der Waals surface area (Å²) in [6, 6.07) is 7.09. The molecule has 0 bridgehead atoms. The van der Waals surface area contributed by atoms with Crippen molar-refractivity contribution in [2.45, 2.75) is 19.3 Å². The van der Waals surface area contributed by atoms with Gasteiger partial charge in [0.1, 0.15) is 0 Å². The van der Waals surface area contributed by atoms with Gasteiger partial charge in [-0.25, -0.2) is 0 Å². The highest BCUT2D eigenvalue weighted by Crippen LogP contribution is 2.47. The van der Waals surface area contributed by atoms with E-state index in [0.717, 1.165) is 12.0 Å². The smallest absolute Gasteiger partial charge is 0.228 e. The molecule has 1 aromatic carbocycles. The van der Waals surface area contributed by atoms with Crippen LogP contribution < -0.4 is 5.32 Å². The molecule has 1 saturated carbocycles. The number of hydrogen-bond acceptors (Lipinski definition) is 3. The maximum absolute atomic E-state index is 12.3. The zero-order valence-corrected chi connectivity index (χ0v) is 12.0. The van der Waals surface area contributed by atoms with Crippen molar-refractivity contribution in [2.24, 2.45) is 13.0 Å². The lowest BCUT2D eigenvalue weighted by molar-refractivity contribution is -0.117. The second kappa shape index (κ2) is 5.16. The number of nitrogens with zero attached hydrogens (tertiary/aromatic N) is 2. The molecular weight excluding hydrogens is 266 g/mol. The minimum absolute atomic E-state index is 0.0300. The molecule has 1 amide bonds. The normalized spacial score (nSPS) is 20.1. The fourth-order valence-corrected chi connectivity index (χ4v) is 2.61. The topological polar surface area (TPSA) is 64.0 Å². The van der Waals surface area contributed by atoms with E-state index in [1.807, 2.05) is 25.5 Å². The Morgan fingerprint density at radius 1 is 1.33 bits per heavy atom. The van der Waals surface area contributed by atoms with Gasteiger partial charge in [-0.3, -0.25) is 14.3 Å². The summed E-state index contributed by atoms with van der Waals surface area (Å²) >= 11 is 0. The fraction of sp³-hybridized carbons (Fsp3) is 0.312. The SMILES string of the molecule is CC(=O)c1ccccc1NC(=O)C1CC1c1cnn(C)c1. The van der Waals surface area contributed by atoms with Gasteiger partial charge in [-0.1, -0.05) is 12.1 Å². The van der Waals surface area contributed by atoms with E-state index in [9.17, 15) is 9.59 Å². The lowest BCUT2D eigenvalue weighted by Gasteiger charge is -2.08. The molecule has 2 unspecified atom stereocenters. The molecule has 5 nitrogen and oxygen atoms in total. The number of carbonyl (C=O) groups excluding carboxylic acids is 2. The van der Waals surface area contributed by atoms with Crippen molar-refractivity contribution in [3.8, 4) is 0 Å². The van der Waals surface area contributed by atoms with Gasteiger partial charge in [-0.2, -0.15) is 5.10 Å². The van der Waals surface area contributed by atoms with Crippen molar-refractivity contribution in [1.82, 2.24) is 9.78 Å². The van der Waals surface area contributed by atoms with Crippen molar-refractivity contribution < 1.29 is 9.59 Å². The van der Waals surface area contributed by atoms with Crippen LogP contribution in [0.5, 0.6) is 0 Å². The van der Waals surface area contributed by atoms with Gasteiger partial charge < -0.3 is 5.32 Å². The highest BCUT2D eigenvalue weighted by molar-refractivity contribution is 6.04. The minimum Gasteiger partial charge on any atom is -0.325 e. The number of amides is 1. The first-order valence-corrected chi connectivity index (χ1v) is 6.95. The third kappa shape index (κ3) is 2.72. The second-order valence-electron chi connectivity index (χ2n) is 5.49. The fourth-order valence-electron chi connectivity index (χ4n) is 2.61. The number of anilines is 1. The Kier molecular flexibility index (Phi) is 3.33. The van der Waals surface area contributed by atoms with Gasteiger partial charge in [0.15, 0.2) is 5.78 Å². The third-order valence-corrected chi connectivity index (χ3v) is 3.84. The lowest BCUT2D eigenvalue weighted by Crippen LogP contribution is -2.16. The van der Waals surface area contributed by atoms with Gasteiger partial charge in [0, 0.05) is 24.7 Å². The second-order valence-corrected chi connectivity index (χ2v) is 5.49. The van der Waals surface area contributed by atoms with Crippen molar-refractivity contribution >= 4 is 17.4 Å². The third-order valence-electron chi connectivity index (χ3n) is 3.84. The molecule has 5 heteroatoms. The van der Waals surface area contributed by atoms with E-state index in [0.29, 0.717) is 11.3 Å². The molecule has 2 atom stereocenters. The number of aryl methyl sites for hydroxylation is 1. The number of carbonyl (C=O) groups is 2. The molecular formula is C16H17N3O2. The first kappa shape index (κ1) is 13.5. The van der Waals surface area contributed by atoms with Gasteiger partial charge in [0.25, 0.3) is 0 Å². The molecule has 0 spiro atoms. The molecule has 1 fully saturated rings. The molecule has 0 radical (unpaired) electrons. The Hall–Kier alpha value is -2.43. The highest BCUT2D eigenvalue weighted by atomic mass is 16.2. The van der Waals surface area contributed by atoms with Crippen LogP contribution in [0.3, 0.4) is 0 Å². The number of para-hydroxylation sites is 1. The van der Waals surface area contributed by atoms with Crippen LogP contribution in [0.2, 0.25) is 0 Å². The van der Waals surface area contributed by atoms with E-state index in [1.165, 1.54) is 6.92 Å². The number of aromatic nitrogens is 2. The van der Waals surface area contributed by atoms with Crippen LogP contribution in [0.1, 0.15) is 35.2 Å². The summed E-state index contributed by atoms with van der Waals surface area (Å²) in [5.41, 5.74) is 2.23. The summed E-state index contributed by atoms with van der Waals surface area (Å²) in [5, 5.41) is 7.01. The number of ketones is 1. The number of Topliss-reactive ketones (excluding diaryl/α,β-unsaturated/α-hetero) is 1. The Balaban J connectivity index is 1.70. The largest absolute Gasteiger partial charge is 0.325 e. The summed E-state index contributed by atoms with van der Waals surface area (Å²) in [6.45, 7) is 1.50. The van der Waals surface area contributed by atoms with Crippen LogP contribution in [0.4, 0.5) is 5.69 Å². The molecule has 1 N–H and O–H groups in total. The number of hydrogen-bond donors (Lipinski definition) is 1. The van der Waals surface area contributed by atoms with Crippen LogP contribution in [-0.2, 0) is 11.8 Å². The molecule has 0 aliphatic heterocycles. The van der Waals surface area contributed by atoms with Gasteiger partial charge in [-0.15, -0.1) is 0 Å². The van der Waals surface area contributed by atoms with Gasteiger partial charge in [-0.05, 0) is 37.0 Å². The zero-order chi connectivity index (χ0) is 15.0.